The monoisotopic (exact) mass is 255 g/mol. The van der Waals surface area contributed by atoms with E-state index in [-0.39, 0.29) is 0 Å². The molecule has 0 unspecified atom stereocenters. The van der Waals surface area contributed by atoms with Crippen molar-refractivity contribution < 1.29 is 4.39 Å². The summed E-state index contributed by atoms with van der Waals surface area (Å²) in [5, 5.41) is 11.9. The lowest BCUT2D eigenvalue weighted by Crippen LogP contribution is -2.01. The number of anilines is 1. The Kier molecular flexibility index (Phi) is 4.11. The van der Waals surface area contributed by atoms with E-state index < -0.39 is 5.82 Å². The van der Waals surface area contributed by atoms with Gasteiger partial charge < -0.3 is 11.1 Å². The highest BCUT2D eigenvalue weighted by Crippen LogP contribution is 2.15. The zero-order valence-corrected chi connectivity index (χ0v) is 10.4. The number of benzene rings is 2. The van der Waals surface area contributed by atoms with E-state index in [1.807, 2.05) is 30.3 Å². The molecule has 0 aliphatic rings. The smallest absolute Gasteiger partial charge is 0.126 e. The molecule has 0 saturated heterocycles. The number of rotatable bonds is 4. The summed E-state index contributed by atoms with van der Waals surface area (Å²) in [6.45, 7) is 1.09. The van der Waals surface area contributed by atoms with Gasteiger partial charge in [0.1, 0.15) is 5.82 Å². The Morgan fingerprint density at radius 1 is 1.11 bits per heavy atom. The Balaban J connectivity index is 2.05. The number of hydrogen-bond acceptors (Lipinski definition) is 3. The third-order valence-electron chi connectivity index (χ3n) is 2.78. The molecule has 0 spiro atoms. The predicted octanol–water partition coefficient (Wildman–Crippen LogP) is 2.77. The predicted molar refractivity (Wildman–Crippen MR) is 72.8 cm³/mol. The molecule has 4 heteroatoms. The molecule has 3 nitrogen and oxygen atoms in total. The molecule has 0 amide bonds. The summed E-state index contributed by atoms with van der Waals surface area (Å²) in [4.78, 5) is 0. The molecule has 0 radical (unpaired) electrons. The molecule has 0 saturated carbocycles. The van der Waals surface area contributed by atoms with Crippen molar-refractivity contribution >= 4 is 5.69 Å². The number of nitrogens with one attached hydrogen (secondary N) is 1. The van der Waals surface area contributed by atoms with Crippen LogP contribution in [0.5, 0.6) is 0 Å². The van der Waals surface area contributed by atoms with E-state index >= 15 is 0 Å². The highest BCUT2D eigenvalue weighted by Gasteiger charge is 2.00. The Labute approximate surface area is 111 Å². The zero-order valence-electron chi connectivity index (χ0n) is 10.4. The molecule has 0 aliphatic heterocycles. The molecular weight excluding hydrogens is 241 g/mol. The number of nitrogens with two attached hydrogens (primary N) is 1. The third-order valence-corrected chi connectivity index (χ3v) is 2.78. The first-order valence-electron chi connectivity index (χ1n) is 5.93. The Morgan fingerprint density at radius 3 is 2.42 bits per heavy atom. The SMILES string of the molecule is N#Cc1cc(F)cc(NCc2ccc(CN)cc2)c1. The van der Waals surface area contributed by atoms with Gasteiger partial charge >= 0.3 is 0 Å². The zero-order chi connectivity index (χ0) is 13.7. The summed E-state index contributed by atoms with van der Waals surface area (Å²) in [6, 6.07) is 14.0. The molecule has 2 aromatic rings. The minimum absolute atomic E-state index is 0.306. The van der Waals surface area contributed by atoms with Gasteiger partial charge in [-0.3, -0.25) is 0 Å². The van der Waals surface area contributed by atoms with Crippen LogP contribution in [0.1, 0.15) is 16.7 Å². The van der Waals surface area contributed by atoms with Gasteiger partial charge in [-0.05, 0) is 29.3 Å². The lowest BCUT2D eigenvalue weighted by Gasteiger charge is -2.08. The van der Waals surface area contributed by atoms with Gasteiger partial charge in [-0.15, -0.1) is 0 Å². The summed E-state index contributed by atoms with van der Waals surface area (Å²) >= 11 is 0. The van der Waals surface area contributed by atoms with E-state index in [1.54, 1.807) is 6.07 Å². The van der Waals surface area contributed by atoms with Gasteiger partial charge in [-0.25, -0.2) is 4.39 Å². The van der Waals surface area contributed by atoms with Crippen molar-refractivity contribution in [3.05, 3.63) is 65.0 Å². The number of halogens is 1. The summed E-state index contributed by atoms with van der Waals surface area (Å²) in [5.41, 5.74) is 8.57. The van der Waals surface area contributed by atoms with E-state index in [1.165, 1.54) is 12.1 Å². The second-order valence-corrected chi connectivity index (χ2v) is 4.21. The van der Waals surface area contributed by atoms with Gasteiger partial charge in [-0.2, -0.15) is 5.26 Å². The highest BCUT2D eigenvalue weighted by molar-refractivity contribution is 5.50. The molecule has 0 bridgehead atoms. The van der Waals surface area contributed by atoms with Crippen molar-refractivity contribution in [2.75, 3.05) is 5.32 Å². The Bertz CT molecular complexity index is 600. The van der Waals surface area contributed by atoms with Crippen molar-refractivity contribution in [3.8, 4) is 6.07 Å². The summed E-state index contributed by atoms with van der Waals surface area (Å²) in [5.74, 6) is -0.417. The van der Waals surface area contributed by atoms with Crippen LogP contribution < -0.4 is 11.1 Å². The average Bonchev–Trinajstić information content (AvgIpc) is 2.45. The molecule has 0 aromatic heterocycles. The van der Waals surface area contributed by atoms with Crippen LogP contribution in [-0.4, -0.2) is 0 Å². The van der Waals surface area contributed by atoms with Crippen molar-refractivity contribution in [1.29, 1.82) is 5.26 Å². The number of nitriles is 1. The topological polar surface area (TPSA) is 61.8 Å². The molecule has 2 rings (SSSR count). The molecule has 2 aromatic carbocycles. The summed E-state index contributed by atoms with van der Waals surface area (Å²) in [7, 11) is 0. The standard InChI is InChI=1S/C15H14FN3/c16-14-5-13(9-18)6-15(7-14)19-10-12-3-1-11(8-17)2-4-12/h1-7,19H,8,10,17H2. The fraction of sp³-hybridized carbons (Fsp3) is 0.133. The maximum absolute atomic E-state index is 13.2. The summed E-state index contributed by atoms with van der Waals surface area (Å²) < 4.78 is 13.2. The average molecular weight is 255 g/mol. The first kappa shape index (κ1) is 13.1. The second-order valence-electron chi connectivity index (χ2n) is 4.21. The molecular formula is C15H14FN3. The third kappa shape index (κ3) is 3.54. The quantitative estimate of drug-likeness (QED) is 0.883. The van der Waals surface area contributed by atoms with Crippen LogP contribution in [-0.2, 0) is 13.1 Å². The second kappa shape index (κ2) is 5.98. The first-order valence-corrected chi connectivity index (χ1v) is 5.93. The van der Waals surface area contributed by atoms with Crippen LogP contribution >= 0.6 is 0 Å². The van der Waals surface area contributed by atoms with Crippen LogP contribution in [0.2, 0.25) is 0 Å². The van der Waals surface area contributed by atoms with Crippen LogP contribution in [0.15, 0.2) is 42.5 Å². The van der Waals surface area contributed by atoms with Crippen LogP contribution in [0.4, 0.5) is 10.1 Å². The maximum atomic E-state index is 13.2. The minimum Gasteiger partial charge on any atom is -0.381 e. The van der Waals surface area contributed by atoms with E-state index in [0.717, 1.165) is 11.1 Å². The van der Waals surface area contributed by atoms with Gasteiger partial charge in [0, 0.05) is 18.8 Å². The molecule has 0 aliphatic carbocycles. The molecule has 0 fully saturated rings. The van der Waals surface area contributed by atoms with E-state index in [2.05, 4.69) is 5.32 Å². The molecule has 96 valence electrons. The lowest BCUT2D eigenvalue weighted by molar-refractivity contribution is 0.627. The fourth-order valence-electron chi connectivity index (χ4n) is 1.75. The minimum atomic E-state index is -0.417. The Hall–Kier alpha value is -2.38. The van der Waals surface area contributed by atoms with Crippen molar-refractivity contribution in [2.24, 2.45) is 5.73 Å². The van der Waals surface area contributed by atoms with Crippen LogP contribution in [0, 0.1) is 17.1 Å². The van der Waals surface area contributed by atoms with Gasteiger partial charge in [0.2, 0.25) is 0 Å². The van der Waals surface area contributed by atoms with Gasteiger partial charge in [0.15, 0.2) is 0 Å². The first-order chi connectivity index (χ1) is 9.21. The number of hydrogen-bond donors (Lipinski definition) is 2. The highest BCUT2D eigenvalue weighted by atomic mass is 19.1. The lowest BCUT2D eigenvalue weighted by atomic mass is 10.1. The van der Waals surface area contributed by atoms with Crippen molar-refractivity contribution in [3.63, 3.8) is 0 Å². The van der Waals surface area contributed by atoms with E-state index in [0.29, 0.717) is 24.3 Å². The fourth-order valence-corrected chi connectivity index (χ4v) is 1.75. The van der Waals surface area contributed by atoms with Gasteiger partial charge in [0.05, 0.1) is 11.6 Å². The largest absolute Gasteiger partial charge is 0.381 e. The normalized spacial score (nSPS) is 9.95. The van der Waals surface area contributed by atoms with Crippen LogP contribution in [0.3, 0.4) is 0 Å². The number of nitrogens with zero attached hydrogens (tertiary/aromatic N) is 1. The van der Waals surface area contributed by atoms with Crippen LogP contribution in [0.25, 0.3) is 0 Å². The van der Waals surface area contributed by atoms with Crippen molar-refractivity contribution in [2.45, 2.75) is 13.1 Å². The van der Waals surface area contributed by atoms with E-state index in [9.17, 15) is 4.39 Å². The molecule has 3 N–H and O–H groups in total. The van der Waals surface area contributed by atoms with E-state index in [4.69, 9.17) is 11.0 Å². The van der Waals surface area contributed by atoms with Crippen molar-refractivity contribution in [1.82, 2.24) is 0 Å². The summed E-state index contributed by atoms with van der Waals surface area (Å²) in [6.07, 6.45) is 0. The molecule has 0 heterocycles. The Morgan fingerprint density at radius 2 is 1.79 bits per heavy atom. The maximum Gasteiger partial charge on any atom is 0.126 e. The molecule has 19 heavy (non-hydrogen) atoms. The van der Waals surface area contributed by atoms with Gasteiger partial charge in [-0.1, -0.05) is 24.3 Å². The molecule has 0 atom stereocenters. The van der Waals surface area contributed by atoms with Gasteiger partial charge in [0.25, 0.3) is 0 Å².